The molecule has 1 aromatic carbocycles. The molecule has 6 heteroatoms. The first-order chi connectivity index (χ1) is 12.0. The second-order valence-corrected chi connectivity index (χ2v) is 8.00. The van der Waals surface area contributed by atoms with Crippen LogP contribution in [0.3, 0.4) is 0 Å². The van der Waals surface area contributed by atoms with Gasteiger partial charge < -0.3 is 4.90 Å². The molecule has 0 aliphatic carbocycles. The van der Waals surface area contributed by atoms with Gasteiger partial charge in [-0.05, 0) is 44.7 Å². The van der Waals surface area contributed by atoms with Crippen molar-refractivity contribution < 1.29 is 4.79 Å². The Morgan fingerprint density at radius 1 is 1.36 bits per heavy atom. The molecular formula is C19H25N3O2S. The SMILES string of the molecule is CC(C)n1c(SCC(=O)N2CCC[C@@H](C)C2)nc2ccccc2c1=O. The molecule has 1 atom stereocenters. The van der Waals surface area contributed by atoms with E-state index in [4.69, 9.17) is 0 Å². The lowest BCUT2D eigenvalue weighted by atomic mass is 10.0. The Morgan fingerprint density at radius 3 is 2.84 bits per heavy atom. The fourth-order valence-electron chi connectivity index (χ4n) is 3.32. The third-order valence-electron chi connectivity index (χ3n) is 4.63. The largest absolute Gasteiger partial charge is 0.342 e. The molecule has 3 rings (SSSR count). The van der Waals surface area contributed by atoms with Gasteiger partial charge in [-0.3, -0.25) is 14.2 Å². The number of thioether (sulfide) groups is 1. The average molecular weight is 359 g/mol. The first-order valence-corrected chi connectivity index (χ1v) is 9.87. The quantitative estimate of drug-likeness (QED) is 0.621. The molecule has 1 amide bonds. The molecule has 1 saturated heterocycles. The van der Waals surface area contributed by atoms with Gasteiger partial charge in [-0.1, -0.05) is 30.8 Å². The number of fused-ring (bicyclic) bond motifs is 1. The second-order valence-electron chi connectivity index (χ2n) is 7.06. The van der Waals surface area contributed by atoms with Crippen molar-refractivity contribution >= 4 is 28.6 Å². The van der Waals surface area contributed by atoms with E-state index in [-0.39, 0.29) is 17.5 Å². The van der Waals surface area contributed by atoms with Crippen LogP contribution in [-0.2, 0) is 4.79 Å². The van der Waals surface area contributed by atoms with Crippen molar-refractivity contribution in [3.63, 3.8) is 0 Å². The van der Waals surface area contributed by atoms with Crippen molar-refractivity contribution in [2.75, 3.05) is 18.8 Å². The molecule has 1 aliphatic heterocycles. The van der Waals surface area contributed by atoms with Crippen LogP contribution in [0.4, 0.5) is 0 Å². The zero-order chi connectivity index (χ0) is 18.0. The van der Waals surface area contributed by atoms with E-state index in [1.165, 1.54) is 18.2 Å². The summed E-state index contributed by atoms with van der Waals surface area (Å²) in [6.45, 7) is 7.80. The molecule has 0 radical (unpaired) electrons. The van der Waals surface area contributed by atoms with Gasteiger partial charge in [0, 0.05) is 19.1 Å². The molecular weight excluding hydrogens is 334 g/mol. The summed E-state index contributed by atoms with van der Waals surface area (Å²) in [5.41, 5.74) is 0.646. The highest BCUT2D eigenvalue weighted by atomic mass is 32.2. The fraction of sp³-hybridized carbons (Fsp3) is 0.526. The van der Waals surface area contributed by atoms with Crippen molar-refractivity contribution in [3.8, 4) is 0 Å². The van der Waals surface area contributed by atoms with Crippen LogP contribution in [0.1, 0.15) is 39.7 Å². The average Bonchev–Trinajstić information content (AvgIpc) is 2.59. The van der Waals surface area contributed by atoms with E-state index in [9.17, 15) is 9.59 Å². The number of aromatic nitrogens is 2. The van der Waals surface area contributed by atoms with Crippen LogP contribution in [0.25, 0.3) is 10.9 Å². The Kier molecular flexibility index (Phi) is 5.47. The Balaban J connectivity index is 1.84. The van der Waals surface area contributed by atoms with Crippen LogP contribution in [0.5, 0.6) is 0 Å². The third-order valence-corrected chi connectivity index (χ3v) is 5.56. The summed E-state index contributed by atoms with van der Waals surface area (Å²) in [7, 11) is 0. The molecule has 5 nitrogen and oxygen atoms in total. The highest BCUT2D eigenvalue weighted by molar-refractivity contribution is 7.99. The van der Waals surface area contributed by atoms with Crippen molar-refractivity contribution in [2.45, 2.75) is 44.8 Å². The molecule has 0 unspecified atom stereocenters. The number of benzene rings is 1. The highest BCUT2D eigenvalue weighted by Crippen LogP contribution is 2.22. The number of para-hydroxylation sites is 1. The van der Waals surface area contributed by atoms with Crippen LogP contribution in [0.2, 0.25) is 0 Å². The maximum atomic E-state index is 12.8. The number of amides is 1. The predicted molar refractivity (Wildman–Crippen MR) is 102 cm³/mol. The van der Waals surface area contributed by atoms with Crippen LogP contribution >= 0.6 is 11.8 Å². The lowest BCUT2D eigenvalue weighted by Crippen LogP contribution is -2.40. The topological polar surface area (TPSA) is 55.2 Å². The van der Waals surface area contributed by atoms with E-state index in [0.29, 0.717) is 27.7 Å². The van der Waals surface area contributed by atoms with Gasteiger partial charge in [-0.25, -0.2) is 4.98 Å². The summed E-state index contributed by atoms with van der Waals surface area (Å²) in [6, 6.07) is 7.38. The van der Waals surface area contributed by atoms with Gasteiger partial charge in [0.25, 0.3) is 5.56 Å². The molecule has 1 aliphatic rings. The van der Waals surface area contributed by atoms with Gasteiger partial charge >= 0.3 is 0 Å². The van der Waals surface area contributed by atoms with Gasteiger partial charge in [0.05, 0.1) is 16.7 Å². The van der Waals surface area contributed by atoms with Crippen molar-refractivity contribution in [2.24, 2.45) is 5.92 Å². The molecule has 2 heterocycles. The van der Waals surface area contributed by atoms with Crippen LogP contribution in [0.15, 0.2) is 34.2 Å². The maximum Gasteiger partial charge on any atom is 0.262 e. The van der Waals surface area contributed by atoms with Crippen LogP contribution in [-0.4, -0.2) is 39.2 Å². The Hall–Kier alpha value is -1.82. The van der Waals surface area contributed by atoms with Crippen molar-refractivity contribution in [3.05, 3.63) is 34.6 Å². The number of piperidine rings is 1. The minimum atomic E-state index is -0.0397. The zero-order valence-corrected chi connectivity index (χ0v) is 15.9. The molecule has 134 valence electrons. The van der Waals surface area contributed by atoms with Gasteiger partial charge in [0.15, 0.2) is 5.16 Å². The molecule has 0 N–H and O–H groups in total. The lowest BCUT2D eigenvalue weighted by molar-refractivity contribution is -0.130. The van der Waals surface area contributed by atoms with E-state index in [1.54, 1.807) is 10.6 Å². The van der Waals surface area contributed by atoms with E-state index in [0.717, 1.165) is 19.5 Å². The van der Waals surface area contributed by atoms with E-state index in [2.05, 4.69) is 11.9 Å². The number of carbonyl (C=O) groups is 1. The van der Waals surface area contributed by atoms with E-state index in [1.807, 2.05) is 36.9 Å². The summed E-state index contributed by atoms with van der Waals surface area (Å²) >= 11 is 1.37. The first kappa shape index (κ1) is 18.0. The number of rotatable bonds is 4. The monoisotopic (exact) mass is 359 g/mol. The van der Waals surface area contributed by atoms with Gasteiger partial charge in [-0.2, -0.15) is 0 Å². The Morgan fingerprint density at radius 2 is 2.12 bits per heavy atom. The first-order valence-electron chi connectivity index (χ1n) is 8.89. The van der Waals surface area contributed by atoms with E-state index < -0.39 is 0 Å². The smallest absolute Gasteiger partial charge is 0.262 e. The standard InChI is InChI=1S/C19H25N3O2S/c1-13(2)22-18(24)15-8-4-5-9-16(15)20-19(22)25-12-17(23)21-10-6-7-14(3)11-21/h4-5,8-9,13-14H,6-7,10-12H2,1-3H3/t14-/m1/s1. The molecule has 2 aromatic rings. The predicted octanol–water partition coefficient (Wildman–Crippen LogP) is 3.33. The lowest BCUT2D eigenvalue weighted by Gasteiger charge is -2.31. The molecule has 0 saturated carbocycles. The maximum absolute atomic E-state index is 12.8. The molecule has 0 spiro atoms. The molecule has 25 heavy (non-hydrogen) atoms. The second kappa shape index (κ2) is 7.60. The summed E-state index contributed by atoms with van der Waals surface area (Å²) in [6.07, 6.45) is 2.26. The minimum absolute atomic E-state index is 0.00258. The van der Waals surface area contributed by atoms with Crippen LogP contribution < -0.4 is 5.56 Å². The zero-order valence-electron chi connectivity index (χ0n) is 15.1. The molecule has 0 bridgehead atoms. The van der Waals surface area contributed by atoms with Gasteiger partial charge in [0.1, 0.15) is 0 Å². The van der Waals surface area contributed by atoms with Gasteiger partial charge in [-0.15, -0.1) is 0 Å². The Labute approximate surface area is 152 Å². The summed E-state index contributed by atoms with van der Waals surface area (Å²) in [5, 5.41) is 1.24. The van der Waals surface area contributed by atoms with Crippen molar-refractivity contribution in [1.82, 2.24) is 14.5 Å². The summed E-state index contributed by atoms with van der Waals surface area (Å²) in [5.74, 6) is 1.02. The fourth-order valence-corrected chi connectivity index (χ4v) is 4.35. The number of carbonyl (C=O) groups excluding carboxylic acids is 1. The Bertz CT molecular complexity index is 831. The highest BCUT2D eigenvalue weighted by Gasteiger charge is 2.22. The summed E-state index contributed by atoms with van der Waals surface area (Å²) in [4.78, 5) is 31.9. The summed E-state index contributed by atoms with van der Waals surface area (Å²) < 4.78 is 1.69. The number of likely N-dealkylation sites (tertiary alicyclic amines) is 1. The van der Waals surface area contributed by atoms with Crippen molar-refractivity contribution in [1.29, 1.82) is 0 Å². The number of hydrogen-bond donors (Lipinski definition) is 0. The van der Waals surface area contributed by atoms with Crippen LogP contribution in [0, 0.1) is 5.92 Å². The molecule has 1 fully saturated rings. The number of hydrogen-bond acceptors (Lipinski definition) is 4. The van der Waals surface area contributed by atoms with E-state index >= 15 is 0 Å². The molecule has 1 aromatic heterocycles. The van der Waals surface area contributed by atoms with Gasteiger partial charge in [0.2, 0.25) is 5.91 Å². The normalized spacial score (nSPS) is 18.1. The minimum Gasteiger partial charge on any atom is -0.342 e. The third kappa shape index (κ3) is 3.89. The number of nitrogens with zero attached hydrogens (tertiary/aromatic N) is 3.